The number of hydrogen-bond acceptors (Lipinski definition) is 4. The van der Waals surface area contributed by atoms with E-state index in [1.54, 1.807) is 0 Å². The minimum atomic E-state index is -6.60. The number of unbranched alkanes of at least 4 members (excludes halogenated alkanes) is 22. The maximum absolute atomic E-state index is 11.5. The zero-order valence-corrected chi connectivity index (χ0v) is 29.7. The molecule has 0 radical (unpaired) electrons. The summed E-state index contributed by atoms with van der Waals surface area (Å²) in [6, 6.07) is 0. The molecule has 0 aromatic heterocycles. The molecule has 0 fully saturated rings. The van der Waals surface area contributed by atoms with Crippen LogP contribution in [0.4, 0.5) is 26.3 Å². The number of rotatable bonds is 28. The van der Waals surface area contributed by atoms with Crippen LogP contribution in [0, 0.1) is 0 Å². The summed E-state index contributed by atoms with van der Waals surface area (Å²) in [4.78, 5) is 0. The van der Waals surface area contributed by atoms with E-state index >= 15 is 0 Å². The van der Waals surface area contributed by atoms with E-state index in [1.165, 1.54) is 175 Å². The highest BCUT2D eigenvalue weighted by Crippen LogP contribution is 2.27. The van der Waals surface area contributed by atoms with Crippen LogP contribution in [0.25, 0.3) is 0 Å². The van der Waals surface area contributed by atoms with Crippen molar-refractivity contribution in [2.24, 2.45) is 0 Å². The van der Waals surface area contributed by atoms with Gasteiger partial charge in [0.2, 0.25) is 0 Å². The Hall–Kier alpha value is -0.130. The van der Waals surface area contributed by atoms with E-state index in [1.807, 2.05) is 0 Å². The molecule has 0 saturated carbocycles. The second-order valence-electron chi connectivity index (χ2n) is 11.5. The van der Waals surface area contributed by atoms with Crippen LogP contribution in [-0.2, 0) is 20.0 Å². The van der Waals surface area contributed by atoms with Crippen molar-refractivity contribution in [3.63, 3.8) is 0 Å². The predicted molar refractivity (Wildman–Crippen MR) is 173 cm³/mol. The molecule has 0 saturated heterocycles. The van der Waals surface area contributed by atoms with Crippen LogP contribution >= 0.6 is 8.58 Å². The quantitative estimate of drug-likeness (QED) is 0.0499. The first-order valence-electron chi connectivity index (χ1n) is 16.7. The lowest BCUT2D eigenvalue weighted by atomic mass is 10.1. The van der Waals surface area contributed by atoms with Crippen molar-refractivity contribution in [2.45, 2.75) is 179 Å². The van der Waals surface area contributed by atoms with E-state index in [4.69, 9.17) is 0 Å². The smallest absolute Gasteiger partial charge is 0.202 e. The summed E-state index contributed by atoms with van der Waals surface area (Å²) in [5, 5.41) is 0. The molecule has 0 heterocycles. The fraction of sp³-hybridized carbons (Fsp3) is 1.00. The van der Waals surface area contributed by atoms with E-state index in [0.717, 1.165) is 0 Å². The molecule has 1 N–H and O–H groups in total. The van der Waals surface area contributed by atoms with Crippen LogP contribution in [0.1, 0.15) is 168 Å². The molecule has 0 spiro atoms. The summed E-state index contributed by atoms with van der Waals surface area (Å²) in [6.07, 6.45) is 38.5. The monoisotopic (exact) mass is 707 g/mol. The number of sulfonamides is 2. The number of nitrogens with one attached hydrogen (secondary N) is 1. The van der Waals surface area contributed by atoms with Gasteiger partial charge >= 0.3 is 31.1 Å². The summed E-state index contributed by atoms with van der Waals surface area (Å²) in [5.74, 6) is 0. The average Bonchev–Trinajstić information content (AvgIpc) is 2.91. The lowest BCUT2D eigenvalue weighted by Gasteiger charge is -2.11. The van der Waals surface area contributed by atoms with Gasteiger partial charge in [-0.25, -0.2) is 16.8 Å². The summed E-state index contributed by atoms with van der Waals surface area (Å²) in [6.45, 7) is 4.61. The average molecular weight is 708 g/mol. The Balaban J connectivity index is 0. The fourth-order valence-electron chi connectivity index (χ4n) is 4.55. The van der Waals surface area contributed by atoms with Crippen molar-refractivity contribution in [3.8, 4) is 0 Å². The van der Waals surface area contributed by atoms with E-state index in [9.17, 15) is 43.2 Å². The van der Waals surface area contributed by atoms with Crippen LogP contribution in [0.15, 0.2) is 0 Å². The van der Waals surface area contributed by atoms with Crippen LogP contribution in [0.2, 0.25) is 0 Å². The third-order valence-electron chi connectivity index (χ3n) is 7.24. The van der Waals surface area contributed by atoms with Crippen molar-refractivity contribution in [3.05, 3.63) is 0 Å². The first kappa shape index (κ1) is 46.0. The predicted octanol–water partition coefficient (Wildman–Crippen LogP) is 11.3. The third kappa shape index (κ3) is 28.1. The van der Waals surface area contributed by atoms with Gasteiger partial charge in [-0.1, -0.05) is 159 Å². The Labute approximate surface area is 266 Å². The molecule has 268 valence electrons. The van der Waals surface area contributed by atoms with Crippen LogP contribution in [0.5, 0.6) is 0 Å². The van der Waals surface area contributed by atoms with Gasteiger partial charge in [0.15, 0.2) is 0 Å². The lowest BCUT2D eigenvalue weighted by molar-refractivity contribution is -0.0476. The molecule has 0 aromatic carbocycles. The summed E-state index contributed by atoms with van der Waals surface area (Å²) in [5.41, 5.74) is -12.3. The van der Waals surface area contributed by atoms with Crippen molar-refractivity contribution in [1.29, 1.82) is 0 Å². The third-order valence-corrected chi connectivity index (χ3v) is 11.6. The molecule has 0 aliphatic carbocycles. The minimum Gasteiger partial charge on any atom is -0.202 e. The van der Waals surface area contributed by atoms with E-state index in [-0.39, 0.29) is 0 Å². The molecule has 0 unspecified atom stereocenters. The Morgan fingerprint density at radius 3 is 0.818 bits per heavy atom. The second-order valence-corrected chi connectivity index (χ2v) is 16.6. The van der Waals surface area contributed by atoms with Crippen molar-refractivity contribution in [2.75, 3.05) is 12.3 Å². The van der Waals surface area contributed by atoms with Gasteiger partial charge in [-0.2, -0.15) is 26.3 Å². The molecule has 0 aromatic rings. The van der Waals surface area contributed by atoms with Crippen LogP contribution in [0.3, 0.4) is 0 Å². The van der Waals surface area contributed by atoms with Gasteiger partial charge in [0.1, 0.15) is 0 Å². The number of alkyl halides is 6. The molecule has 5 nitrogen and oxygen atoms in total. The molecule has 0 rings (SSSR count). The largest absolute Gasteiger partial charge is 0.512 e. The summed E-state index contributed by atoms with van der Waals surface area (Å²) in [7, 11) is -11.9. The minimum absolute atomic E-state index is 0.493. The molecule has 0 atom stereocenters. The number of hydrogen-bond donors (Lipinski definition) is 1. The molecule has 14 heteroatoms. The van der Waals surface area contributed by atoms with Crippen LogP contribution in [-0.4, -0.2) is 40.2 Å². The molecule has 0 aliphatic heterocycles. The zero-order chi connectivity index (χ0) is 33.8. The Kier molecular flexibility index (Phi) is 29.2. The van der Waals surface area contributed by atoms with E-state index < -0.39 is 35.2 Å². The van der Waals surface area contributed by atoms with E-state index in [2.05, 4.69) is 13.8 Å². The maximum atomic E-state index is 11.5. The van der Waals surface area contributed by atoms with Gasteiger partial charge in [-0.05, 0) is 25.2 Å². The molecular formula is C30H60F6NO4PS2. The van der Waals surface area contributed by atoms with Gasteiger partial charge in [-0.15, -0.1) is 8.58 Å². The normalized spacial score (nSPS) is 12.7. The lowest BCUT2D eigenvalue weighted by Crippen LogP contribution is -2.45. The highest BCUT2D eigenvalue weighted by Gasteiger charge is 2.55. The SMILES string of the molecule is CCCCCCCCCCCCCCPCCCCCCCCCCCCCC.O=S(=O)(NS(=O)(=O)C(F)(F)F)C(F)(F)F. The molecule has 0 bridgehead atoms. The second kappa shape index (κ2) is 27.9. The fourth-order valence-corrected chi connectivity index (χ4v) is 7.71. The highest BCUT2D eigenvalue weighted by atomic mass is 32.3. The first-order chi connectivity index (χ1) is 20.6. The van der Waals surface area contributed by atoms with Crippen molar-refractivity contribution in [1.82, 2.24) is 4.13 Å². The first-order valence-corrected chi connectivity index (χ1v) is 21.1. The summed E-state index contributed by atoms with van der Waals surface area (Å²) < 4.78 is 108. The standard InChI is InChI=1S/C28H59P.C2HF6NO4S2/c1-3-5-7-9-11-13-15-17-19-21-23-25-27-29-28-26-24-22-20-18-16-14-12-10-8-6-4-2;3-1(4,5)14(10,11)9-15(12,13)2(6,7)8/h29H,3-28H2,1-2H3;9H. The highest BCUT2D eigenvalue weighted by molar-refractivity contribution is 8.05. The Morgan fingerprint density at radius 2 is 0.614 bits per heavy atom. The van der Waals surface area contributed by atoms with Crippen LogP contribution < -0.4 is 4.13 Å². The molecule has 0 aliphatic rings. The Morgan fingerprint density at radius 1 is 0.409 bits per heavy atom. The van der Waals surface area contributed by atoms with Gasteiger partial charge in [-0.3, -0.25) is 0 Å². The van der Waals surface area contributed by atoms with Crippen molar-refractivity contribution < 1.29 is 43.2 Å². The van der Waals surface area contributed by atoms with Crippen molar-refractivity contribution >= 4 is 28.6 Å². The van der Waals surface area contributed by atoms with Gasteiger partial charge in [0, 0.05) is 0 Å². The maximum Gasteiger partial charge on any atom is 0.512 e. The molecular weight excluding hydrogens is 647 g/mol. The molecule has 44 heavy (non-hydrogen) atoms. The van der Waals surface area contributed by atoms with Gasteiger partial charge in [0.25, 0.3) is 0 Å². The summed E-state index contributed by atoms with van der Waals surface area (Å²) >= 11 is 0. The van der Waals surface area contributed by atoms with Gasteiger partial charge in [0.05, 0.1) is 0 Å². The number of halogens is 6. The topological polar surface area (TPSA) is 80.3 Å². The molecule has 0 amide bonds. The Bertz CT molecular complexity index is 787. The van der Waals surface area contributed by atoms with Gasteiger partial charge < -0.3 is 0 Å². The zero-order valence-electron chi connectivity index (χ0n) is 27.1. The van der Waals surface area contributed by atoms with E-state index in [0.29, 0.717) is 0 Å².